The predicted molar refractivity (Wildman–Crippen MR) is 86.8 cm³/mol. The summed E-state index contributed by atoms with van der Waals surface area (Å²) >= 11 is 0. The number of unbranched alkanes of at least 4 members (excludes halogenated alkanes) is 2. The van der Waals surface area contributed by atoms with Gasteiger partial charge < -0.3 is 9.80 Å². The third-order valence-electron chi connectivity index (χ3n) is 4.30. The minimum Gasteiger partial charge on any atom is -0.360 e. The van der Waals surface area contributed by atoms with E-state index in [0.29, 0.717) is 11.6 Å². The van der Waals surface area contributed by atoms with E-state index in [9.17, 15) is 4.79 Å². The molecule has 0 aliphatic carbocycles. The van der Waals surface area contributed by atoms with Gasteiger partial charge in [0.15, 0.2) is 0 Å². The summed E-state index contributed by atoms with van der Waals surface area (Å²) in [5.41, 5.74) is 0.703. The van der Waals surface area contributed by atoms with Crippen LogP contribution >= 0.6 is 0 Å². The number of amides is 1. The third kappa shape index (κ3) is 3.96. The molecule has 1 saturated heterocycles. The molecule has 1 unspecified atom stereocenters. The molecule has 1 aliphatic rings. The standard InChI is InChI=1S/C17H27N3O/c1-4-5-6-11-19(3)16-10-9-15(13-18-16)17(21)20-12-7-8-14(20)2/h9-10,13-14H,4-8,11-12H2,1-3H3. The predicted octanol–water partition coefficient (Wildman–Crippen LogP) is 3.33. The number of hydrogen-bond acceptors (Lipinski definition) is 3. The number of anilines is 1. The molecule has 2 rings (SSSR count). The average Bonchev–Trinajstić information content (AvgIpc) is 2.93. The Labute approximate surface area is 128 Å². The second kappa shape index (κ2) is 7.43. The highest BCUT2D eigenvalue weighted by Gasteiger charge is 2.26. The maximum Gasteiger partial charge on any atom is 0.255 e. The Kier molecular flexibility index (Phi) is 5.59. The summed E-state index contributed by atoms with van der Waals surface area (Å²) in [6.45, 7) is 6.21. The molecule has 4 nitrogen and oxygen atoms in total. The molecule has 0 saturated carbocycles. The number of nitrogens with zero attached hydrogens (tertiary/aromatic N) is 3. The lowest BCUT2D eigenvalue weighted by molar-refractivity contribution is 0.0747. The monoisotopic (exact) mass is 289 g/mol. The van der Waals surface area contributed by atoms with Crippen LogP contribution in [-0.4, -0.2) is 42.0 Å². The molecule has 1 atom stereocenters. The molecular formula is C17H27N3O. The highest BCUT2D eigenvalue weighted by Crippen LogP contribution is 2.20. The lowest BCUT2D eigenvalue weighted by Gasteiger charge is -2.22. The molecule has 1 amide bonds. The zero-order valence-electron chi connectivity index (χ0n) is 13.5. The Hall–Kier alpha value is -1.58. The molecule has 116 valence electrons. The Morgan fingerprint density at radius 3 is 2.81 bits per heavy atom. The Bertz CT molecular complexity index is 458. The second-order valence-corrected chi connectivity index (χ2v) is 6.02. The molecule has 1 fully saturated rings. The summed E-state index contributed by atoms with van der Waals surface area (Å²) in [5.74, 6) is 1.06. The fraction of sp³-hybridized carbons (Fsp3) is 0.647. The van der Waals surface area contributed by atoms with Crippen LogP contribution in [0.25, 0.3) is 0 Å². The Morgan fingerprint density at radius 2 is 2.24 bits per heavy atom. The normalized spacial score (nSPS) is 18.0. The number of aromatic nitrogens is 1. The van der Waals surface area contributed by atoms with Gasteiger partial charge in [0.1, 0.15) is 5.82 Å². The summed E-state index contributed by atoms with van der Waals surface area (Å²) in [6.07, 6.45) is 7.59. The molecule has 0 aromatic carbocycles. The fourth-order valence-corrected chi connectivity index (χ4v) is 2.85. The largest absolute Gasteiger partial charge is 0.360 e. The molecule has 0 bridgehead atoms. The maximum absolute atomic E-state index is 12.4. The lowest BCUT2D eigenvalue weighted by Crippen LogP contribution is -2.33. The van der Waals surface area contributed by atoms with Crippen molar-refractivity contribution in [2.24, 2.45) is 0 Å². The Balaban J connectivity index is 1.96. The Morgan fingerprint density at radius 1 is 1.43 bits per heavy atom. The molecule has 1 aliphatic heterocycles. The maximum atomic E-state index is 12.4. The van der Waals surface area contributed by atoms with E-state index in [0.717, 1.165) is 31.7 Å². The summed E-state index contributed by atoms with van der Waals surface area (Å²) < 4.78 is 0. The first-order chi connectivity index (χ1) is 10.1. The number of rotatable bonds is 6. The van der Waals surface area contributed by atoms with Crippen LogP contribution in [0.4, 0.5) is 5.82 Å². The SMILES string of the molecule is CCCCCN(C)c1ccc(C(=O)N2CCCC2C)cn1. The van der Waals surface area contributed by atoms with Crippen molar-refractivity contribution >= 4 is 11.7 Å². The number of pyridine rings is 1. The molecule has 4 heteroatoms. The van der Waals surface area contributed by atoms with Crippen LogP contribution in [0, 0.1) is 0 Å². The summed E-state index contributed by atoms with van der Waals surface area (Å²) in [7, 11) is 2.06. The first kappa shape index (κ1) is 15.8. The van der Waals surface area contributed by atoms with Crippen LogP contribution in [0.5, 0.6) is 0 Å². The highest BCUT2D eigenvalue weighted by molar-refractivity contribution is 5.94. The summed E-state index contributed by atoms with van der Waals surface area (Å²) in [6, 6.07) is 4.22. The van der Waals surface area contributed by atoms with E-state index in [1.165, 1.54) is 19.3 Å². The van der Waals surface area contributed by atoms with Crippen molar-refractivity contribution in [3.8, 4) is 0 Å². The van der Waals surface area contributed by atoms with Crippen molar-refractivity contribution in [3.05, 3.63) is 23.9 Å². The van der Waals surface area contributed by atoms with Gasteiger partial charge in [-0.05, 0) is 38.3 Å². The number of carbonyl (C=O) groups excluding carboxylic acids is 1. The minimum atomic E-state index is 0.118. The third-order valence-corrected chi connectivity index (χ3v) is 4.30. The van der Waals surface area contributed by atoms with Gasteiger partial charge >= 0.3 is 0 Å². The van der Waals surface area contributed by atoms with E-state index in [1.54, 1.807) is 6.20 Å². The van der Waals surface area contributed by atoms with Crippen molar-refractivity contribution in [3.63, 3.8) is 0 Å². The quantitative estimate of drug-likeness (QED) is 0.754. The molecule has 0 spiro atoms. The van der Waals surface area contributed by atoms with Crippen molar-refractivity contribution in [1.29, 1.82) is 0 Å². The van der Waals surface area contributed by atoms with Gasteiger partial charge in [-0.3, -0.25) is 4.79 Å². The molecule has 2 heterocycles. The van der Waals surface area contributed by atoms with Crippen molar-refractivity contribution in [2.75, 3.05) is 25.0 Å². The highest BCUT2D eigenvalue weighted by atomic mass is 16.2. The second-order valence-electron chi connectivity index (χ2n) is 6.02. The molecular weight excluding hydrogens is 262 g/mol. The van der Waals surface area contributed by atoms with Crippen molar-refractivity contribution in [1.82, 2.24) is 9.88 Å². The number of carbonyl (C=O) groups is 1. The average molecular weight is 289 g/mol. The summed E-state index contributed by atoms with van der Waals surface area (Å²) in [5, 5.41) is 0. The van der Waals surface area contributed by atoms with E-state index in [4.69, 9.17) is 0 Å². The van der Waals surface area contributed by atoms with Crippen molar-refractivity contribution in [2.45, 2.75) is 52.0 Å². The van der Waals surface area contributed by atoms with Gasteiger partial charge in [0.25, 0.3) is 5.91 Å². The number of hydrogen-bond donors (Lipinski definition) is 0. The van der Waals surface area contributed by atoms with Gasteiger partial charge in [0.2, 0.25) is 0 Å². The van der Waals surface area contributed by atoms with E-state index in [1.807, 2.05) is 17.0 Å². The lowest BCUT2D eigenvalue weighted by atomic mass is 10.2. The van der Waals surface area contributed by atoms with Gasteiger partial charge in [-0.2, -0.15) is 0 Å². The molecule has 0 N–H and O–H groups in total. The van der Waals surface area contributed by atoms with E-state index >= 15 is 0 Å². The molecule has 21 heavy (non-hydrogen) atoms. The molecule has 0 radical (unpaired) electrons. The van der Waals surface area contributed by atoms with Crippen molar-refractivity contribution < 1.29 is 4.79 Å². The first-order valence-corrected chi connectivity index (χ1v) is 8.11. The van der Waals surface area contributed by atoms with Gasteiger partial charge in [-0.15, -0.1) is 0 Å². The van der Waals surface area contributed by atoms with Crippen LogP contribution < -0.4 is 4.90 Å². The van der Waals surface area contributed by atoms with Gasteiger partial charge in [-0.1, -0.05) is 19.8 Å². The van der Waals surface area contributed by atoms with E-state index in [-0.39, 0.29) is 5.91 Å². The van der Waals surface area contributed by atoms with Gasteiger partial charge in [0.05, 0.1) is 5.56 Å². The molecule has 1 aromatic heterocycles. The zero-order valence-corrected chi connectivity index (χ0v) is 13.5. The van der Waals surface area contributed by atoms with E-state index < -0.39 is 0 Å². The smallest absolute Gasteiger partial charge is 0.255 e. The topological polar surface area (TPSA) is 36.4 Å². The van der Waals surface area contributed by atoms with Crippen LogP contribution in [0.3, 0.4) is 0 Å². The number of likely N-dealkylation sites (tertiary alicyclic amines) is 1. The van der Waals surface area contributed by atoms with Crippen LogP contribution in [0.1, 0.15) is 56.3 Å². The van der Waals surface area contributed by atoms with Crippen LogP contribution in [0.15, 0.2) is 18.3 Å². The van der Waals surface area contributed by atoms with Crippen LogP contribution in [-0.2, 0) is 0 Å². The summed E-state index contributed by atoms with van der Waals surface area (Å²) in [4.78, 5) is 21.0. The van der Waals surface area contributed by atoms with Gasteiger partial charge in [-0.25, -0.2) is 4.98 Å². The van der Waals surface area contributed by atoms with Crippen LogP contribution in [0.2, 0.25) is 0 Å². The zero-order chi connectivity index (χ0) is 15.2. The molecule has 1 aromatic rings. The minimum absolute atomic E-state index is 0.118. The fourth-order valence-electron chi connectivity index (χ4n) is 2.85. The first-order valence-electron chi connectivity index (χ1n) is 8.11. The van der Waals surface area contributed by atoms with E-state index in [2.05, 4.69) is 30.8 Å². The van der Waals surface area contributed by atoms with Gasteiger partial charge in [0, 0.05) is 32.4 Å².